The summed E-state index contributed by atoms with van der Waals surface area (Å²) in [6, 6.07) is 6.14. The van der Waals surface area contributed by atoms with Gasteiger partial charge >= 0.3 is 0 Å². The fourth-order valence-corrected chi connectivity index (χ4v) is 3.43. The number of halogens is 2. The minimum atomic E-state index is -0.859. The molecule has 0 unspecified atom stereocenters. The van der Waals surface area contributed by atoms with Gasteiger partial charge < -0.3 is 19.5 Å². The van der Waals surface area contributed by atoms with Gasteiger partial charge in [-0.15, -0.1) is 0 Å². The molecule has 1 amide bonds. The third kappa shape index (κ3) is 5.61. The van der Waals surface area contributed by atoms with Gasteiger partial charge in [-0.3, -0.25) is 9.69 Å². The van der Waals surface area contributed by atoms with Crippen LogP contribution in [0.2, 0.25) is 0 Å². The Kier molecular flexibility index (Phi) is 7.24. The van der Waals surface area contributed by atoms with Gasteiger partial charge in [0.15, 0.2) is 17.4 Å². The van der Waals surface area contributed by atoms with Crippen LogP contribution in [-0.2, 0) is 9.53 Å². The van der Waals surface area contributed by atoms with Crippen LogP contribution in [0.4, 0.5) is 14.6 Å². The molecule has 178 valence electrons. The number of methoxy groups -OCH3 is 1. The van der Waals surface area contributed by atoms with E-state index >= 15 is 0 Å². The van der Waals surface area contributed by atoms with Crippen molar-refractivity contribution in [2.75, 3.05) is 32.1 Å². The lowest BCUT2D eigenvalue weighted by Gasteiger charge is -2.36. The summed E-state index contributed by atoms with van der Waals surface area (Å²) in [4.78, 5) is 27.1. The molecule has 1 aromatic carbocycles. The molecule has 2 aromatic heterocycles. The number of aromatic nitrogens is 3. The zero-order valence-electron chi connectivity index (χ0n) is 18.6. The van der Waals surface area contributed by atoms with Crippen molar-refractivity contribution >= 4 is 11.7 Å². The third-order valence-electron chi connectivity index (χ3n) is 5.35. The summed E-state index contributed by atoms with van der Waals surface area (Å²) in [5, 5.41) is 2.72. The van der Waals surface area contributed by atoms with Gasteiger partial charge in [0.1, 0.15) is 5.82 Å². The Labute approximate surface area is 194 Å². The van der Waals surface area contributed by atoms with Gasteiger partial charge in [0.25, 0.3) is 0 Å². The Hall–Kier alpha value is -3.70. The molecule has 0 aliphatic carbocycles. The summed E-state index contributed by atoms with van der Waals surface area (Å²) >= 11 is 0. The number of pyridine rings is 1. The number of nitrogens with one attached hydrogen (secondary N) is 1. The maximum Gasteiger partial charge on any atom is 0.242 e. The van der Waals surface area contributed by atoms with Crippen LogP contribution in [0.5, 0.6) is 17.5 Å². The standard InChI is InChI=1S/C23H23F2N5O4/c1-14(30-7-8-33-19(13-30)15-3-6-21(32-2)27-10-15)23(31)29-20-11-28-22(12-26-20)34-18-5-4-16(24)9-17(18)25/h3-6,9-12,14,19H,7-8,13H2,1-2H3,(H,26,29,31)/t14-,19+/m0/s1. The first-order chi connectivity index (χ1) is 16.4. The highest BCUT2D eigenvalue weighted by molar-refractivity contribution is 5.93. The van der Waals surface area contributed by atoms with E-state index in [1.165, 1.54) is 12.4 Å². The highest BCUT2D eigenvalue weighted by atomic mass is 19.1. The molecule has 1 fully saturated rings. The first kappa shape index (κ1) is 23.5. The molecule has 11 heteroatoms. The molecule has 4 rings (SSSR count). The third-order valence-corrected chi connectivity index (χ3v) is 5.35. The minimum absolute atomic E-state index is 0.000628. The van der Waals surface area contributed by atoms with E-state index in [1.807, 2.05) is 11.0 Å². The zero-order valence-corrected chi connectivity index (χ0v) is 18.6. The molecule has 9 nitrogen and oxygen atoms in total. The second-order valence-electron chi connectivity index (χ2n) is 7.57. The molecular formula is C23H23F2N5O4. The lowest BCUT2D eigenvalue weighted by atomic mass is 10.1. The highest BCUT2D eigenvalue weighted by Gasteiger charge is 2.29. The van der Waals surface area contributed by atoms with Gasteiger partial charge in [-0.1, -0.05) is 0 Å². The fourth-order valence-electron chi connectivity index (χ4n) is 3.43. The summed E-state index contributed by atoms with van der Waals surface area (Å²) in [5.74, 6) is -1.29. The molecule has 1 aliphatic rings. The summed E-state index contributed by atoms with van der Waals surface area (Å²) in [5.41, 5.74) is 0.900. The second-order valence-corrected chi connectivity index (χ2v) is 7.57. The Morgan fingerprint density at radius 1 is 1.15 bits per heavy atom. The average molecular weight is 471 g/mol. The van der Waals surface area contributed by atoms with Crippen molar-refractivity contribution < 1.29 is 27.8 Å². The molecule has 1 aliphatic heterocycles. The van der Waals surface area contributed by atoms with Crippen LogP contribution in [0.15, 0.2) is 48.9 Å². The molecule has 0 spiro atoms. The van der Waals surface area contributed by atoms with E-state index in [9.17, 15) is 13.6 Å². The van der Waals surface area contributed by atoms with Crippen molar-refractivity contribution in [1.82, 2.24) is 19.9 Å². The number of rotatable bonds is 7. The number of hydrogen-bond donors (Lipinski definition) is 1. The SMILES string of the molecule is COc1ccc([C@H]2CN([C@@H](C)C(=O)Nc3cnc(Oc4ccc(F)cc4F)cn3)CCO2)cn1. The first-order valence-electron chi connectivity index (χ1n) is 10.5. The van der Waals surface area contributed by atoms with Crippen molar-refractivity contribution in [3.8, 4) is 17.5 Å². The Bertz CT molecular complexity index is 1130. The molecule has 1 saturated heterocycles. The molecule has 0 bridgehead atoms. The number of carbonyl (C=O) groups excluding carboxylic acids is 1. The van der Waals surface area contributed by atoms with Gasteiger partial charge in [-0.2, -0.15) is 0 Å². The highest BCUT2D eigenvalue weighted by Crippen LogP contribution is 2.25. The van der Waals surface area contributed by atoms with Gasteiger partial charge in [-0.25, -0.2) is 23.7 Å². The minimum Gasteiger partial charge on any atom is -0.481 e. The van der Waals surface area contributed by atoms with Crippen LogP contribution >= 0.6 is 0 Å². The Morgan fingerprint density at radius 3 is 2.65 bits per heavy atom. The number of nitrogens with zero attached hydrogens (tertiary/aromatic N) is 4. The molecule has 0 radical (unpaired) electrons. The van der Waals surface area contributed by atoms with Crippen molar-refractivity contribution in [2.45, 2.75) is 19.1 Å². The van der Waals surface area contributed by atoms with Crippen molar-refractivity contribution in [3.05, 3.63) is 66.1 Å². The smallest absolute Gasteiger partial charge is 0.242 e. The summed E-state index contributed by atoms with van der Waals surface area (Å²) in [6.07, 6.45) is 4.02. The predicted molar refractivity (Wildman–Crippen MR) is 118 cm³/mol. The molecule has 0 saturated carbocycles. The average Bonchev–Trinajstić information content (AvgIpc) is 2.86. The van der Waals surface area contributed by atoms with Crippen molar-refractivity contribution in [3.63, 3.8) is 0 Å². The molecule has 34 heavy (non-hydrogen) atoms. The van der Waals surface area contributed by atoms with Crippen molar-refractivity contribution in [1.29, 1.82) is 0 Å². The van der Waals surface area contributed by atoms with E-state index in [0.717, 1.165) is 17.7 Å². The van der Waals surface area contributed by atoms with Crippen LogP contribution in [0.25, 0.3) is 0 Å². The van der Waals surface area contributed by atoms with Gasteiger partial charge in [0.05, 0.1) is 38.3 Å². The van der Waals surface area contributed by atoms with Crippen LogP contribution < -0.4 is 14.8 Å². The largest absolute Gasteiger partial charge is 0.481 e. The molecule has 2 atom stereocenters. The van der Waals surface area contributed by atoms with E-state index in [0.29, 0.717) is 31.6 Å². The first-order valence-corrected chi connectivity index (χ1v) is 10.5. The number of ether oxygens (including phenoxy) is 3. The van der Waals surface area contributed by atoms with E-state index in [1.54, 1.807) is 26.3 Å². The molecule has 3 heterocycles. The van der Waals surface area contributed by atoms with Gasteiger partial charge in [-0.05, 0) is 25.1 Å². The van der Waals surface area contributed by atoms with Crippen molar-refractivity contribution in [2.24, 2.45) is 0 Å². The summed E-state index contributed by atoms with van der Waals surface area (Å²) < 4.78 is 43.0. The van der Waals surface area contributed by atoms with E-state index in [-0.39, 0.29) is 29.5 Å². The molecular weight excluding hydrogens is 448 g/mol. The topological polar surface area (TPSA) is 98.7 Å². The molecule has 1 N–H and O–H groups in total. The monoisotopic (exact) mass is 471 g/mol. The Balaban J connectivity index is 1.34. The maximum absolute atomic E-state index is 13.7. The lowest BCUT2D eigenvalue weighted by molar-refractivity contribution is -0.124. The van der Waals surface area contributed by atoms with E-state index < -0.39 is 17.7 Å². The van der Waals surface area contributed by atoms with Crippen LogP contribution in [0.1, 0.15) is 18.6 Å². The number of hydrogen-bond acceptors (Lipinski definition) is 8. The van der Waals surface area contributed by atoms with Gasteiger partial charge in [0.2, 0.25) is 17.7 Å². The normalized spacial score (nSPS) is 17.1. The quantitative estimate of drug-likeness (QED) is 0.560. The van der Waals surface area contributed by atoms with Gasteiger partial charge in [0, 0.05) is 37.0 Å². The number of amides is 1. The zero-order chi connectivity index (χ0) is 24.1. The Morgan fingerprint density at radius 2 is 1.97 bits per heavy atom. The number of benzene rings is 1. The number of anilines is 1. The number of carbonyl (C=O) groups is 1. The van der Waals surface area contributed by atoms with Crippen LogP contribution in [0.3, 0.4) is 0 Å². The predicted octanol–water partition coefficient (Wildman–Crippen LogP) is 3.35. The van der Waals surface area contributed by atoms with Crippen LogP contribution in [-0.4, -0.2) is 58.6 Å². The summed E-state index contributed by atoms with van der Waals surface area (Å²) in [6.45, 7) is 3.38. The molecule has 3 aromatic rings. The summed E-state index contributed by atoms with van der Waals surface area (Å²) in [7, 11) is 1.55. The maximum atomic E-state index is 13.7. The second kappa shape index (κ2) is 10.5. The van der Waals surface area contributed by atoms with Crippen LogP contribution in [0, 0.1) is 11.6 Å². The lowest BCUT2D eigenvalue weighted by Crippen LogP contribution is -2.48. The fraction of sp³-hybridized carbons (Fsp3) is 0.304. The van der Waals surface area contributed by atoms with E-state index in [4.69, 9.17) is 14.2 Å². The van der Waals surface area contributed by atoms with E-state index in [2.05, 4.69) is 20.3 Å². The number of morpholine rings is 1.